The molecule has 0 amide bonds. The number of hydrogen-bond acceptors (Lipinski definition) is 7. The van der Waals surface area contributed by atoms with Gasteiger partial charge in [0.05, 0.1) is 11.6 Å². The highest BCUT2D eigenvalue weighted by atomic mass is 35.5. The van der Waals surface area contributed by atoms with Gasteiger partial charge in [-0.15, -0.1) is 11.3 Å². The summed E-state index contributed by atoms with van der Waals surface area (Å²) in [6, 6.07) is 14.1. The van der Waals surface area contributed by atoms with E-state index >= 15 is 0 Å². The third kappa shape index (κ3) is 4.27. The third-order valence-electron chi connectivity index (χ3n) is 5.80. The molecule has 31 heavy (non-hydrogen) atoms. The van der Waals surface area contributed by atoms with Gasteiger partial charge in [0.2, 0.25) is 0 Å². The number of piperazine rings is 1. The number of rotatable bonds is 5. The van der Waals surface area contributed by atoms with Gasteiger partial charge in [0.15, 0.2) is 0 Å². The minimum atomic E-state index is -0.135. The van der Waals surface area contributed by atoms with Crippen LogP contribution in [-0.4, -0.2) is 51.7 Å². The van der Waals surface area contributed by atoms with Gasteiger partial charge in [0.1, 0.15) is 18.4 Å². The molecule has 3 heterocycles. The number of carbonyl (C=O) groups excluding carboxylic acids is 1. The van der Waals surface area contributed by atoms with Crippen molar-refractivity contribution in [3.8, 4) is 0 Å². The van der Waals surface area contributed by atoms with Gasteiger partial charge >= 0.3 is 0 Å². The third-order valence-corrected chi connectivity index (χ3v) is 7.14. The lowest BCUT2D eigenvalue weighted by atomic mass is 10.1. The van der Waals surface area contributed by atoms with Crippen LogP contribution in [0.3, 0.4) is 0 Å². The van der Waals surface area contributed by atoms with Crippen LogP contribution in [0, 0.1) is 0 Å². The molecule has 1 fully saturated rings. The largest absolute Gasteiger partial charge is 0.383 e. The first-order valence-electron chi connectivity index (χ1n) is 10.2. The maximum atomic E-state index is 11.9. The molecule has 4 aromatic rings. The molecule has 158 valence electrons. The fraction of sp³-hybridized carbons (Fsp3) is 0.261. The standard InChI is InChI=1S/C23H22ClN5OS/c24-17-2-4-22-16(8-17)9-19(31-22)12-28-5-6-29(18(11-28)13-30)10-15-1-3-20-21(7-15)26-14-27-23(20)25/h1-4,7-9,13-14,18H,5-6,10-12H2,(H2,25,26,27). The first-order valence-corrected chi connectivity index (χ1v) is 11.4. The highest BCUT2D eigenvalue weighted by Gasteiger charge is 2.27. The number of aldehydes is 1. The molecular weight excluding hydrogens is 430 g/mol. The fourth-order valence-electron chi connectivity index (χ4n) is 4.20. The maximum absolute atomic E-state index is 11.9. The van der Waals surface area contributed by atoms with Crippen molar-refractivity contribution in [3.63, 3.8) is 0 Å². The van der Waals surface area contributed by atoms with E-state index in [1.54, 1.807) is 11.3 Å². The van der Waals surface area contributed by atoms with E-state index in [4.69, 9.17) is 17.3 Å². The summed E-state index contributed by atoms with van der Waals surface area (Å²) >= 11 is 7.91. The Balaban J connectivity index is 1.27. The summed E-state index contributed by atoms with van der Waals surface area (Å²) in [5.74, 6) is 0.486. The summed E-state index contributed by atoms with van der Waals surface area (Å²) in [4.78, 5) is 26.1. The van der Waals surface area contributed by atoms with Crippen molar-refractivity contribution in [2.45, 2.75) is 19.1 Å². The highest BCUT2D eigenvalue weighted by Crippen LogP contribution is 2.29. The molecule has 0 bridgehead atoms. The predicted molar refractivity (Wildman–Crippen MR) is 126 cm³/mol. The number of nitrogen functional groups attached to an aromatic ring is 1. The van der Waals surface area contributed by atoms with Gasteiger partial charge < -0.3 is 10.5 Å². The van der Waals surface area contributed by atoms with Crippen molar-refractivity contribution >= 4 is 56.0 Å². The van der Waals surface area contributed by atoms with Gasteiger partial charge in [-0.05, 0) is 47.3 Å². The predicted octanol–water partition coefficient (Wildman–Crippen LogP) is 3.97. The zero-order valence-corrected chi connectivity index (χ0v) is 18.4. The van der Waals surface area contributed by atoms with Crippen LogP contribution in [0.25, 0.3) is 21.0 Å². The van der Waals surface area contributed by atoms with Crippen LogP contribution >= 0.6 is 22.9 Å². The Hall–Kier alpha value is -2.58. The van der Waals surface area contributed by atoms with Gasteiger partial charge in [0, 0.05) is 52.7 Å². The minimum Gasteiger partial charge on any atom is -0.383 e. The van der Waals surface area contributed by atoms with Gasteiger partial charge in [-0.25, -0.2) is 9.97 Å². The zero-order valence-electron chi connectivity index (χ0n) is 16.9. The number of nitrogens with zero attached hydrogens (tertiary/aromatic N) is 4. The van der Waals surface area contributed by atoms with Crippen LogP contribution in [0.4, 0.5) is 5.82 Å². The molecule has 1 aliphatic heterocycles. The second-order valence-electron chi connectivity index (χ2n) is 7.91. The normalized spacial score (nSPS) is 18.0. The van der Waals surface area contributed by atoms with E-state index < -0.39 is 0 Å². The number of aromatic nitrogens is 2. The van der Waals surface area contributed by atoms with E-state index in [9.17, 15) is 4.79 Å². The Kier molecular flexibility index (Phi) is 5.58. The van der Waals surface area contributed by atoms with E-state index in [0.29, 0.717) is 12.4 Å². The Bertz CT molecular complexity index is 1260. The van der Waals surface area contributed by atoms with Gasteiger partial charge in [-0.3, -0.25) is 9.80 Å². The molecule has 6 nitrogen and oxygen atoms in total. The maximum Gasteiger partial charge on any atom is 0.138 e. The Labute approximate surface area is 189 Å². The molecule has 0 spiro atoms. The minimum absolute atomic E-state index is 0.135. The number of nitrogens with two attached hydrogens (primary N) is 1. The van der Waals surface area contributed by atoms with Crippen LogP contribution < -0.4 is 5.73 Å². The van der Waals surface area contributed by atoms with Crippen LogP contribution in [0.5, 0.6) is 0 Å². The number of anilines is 1. The van der Waals surface area contributed by atoms with Crippen LogP contribution in [0.15, 0.2) is 48.8 Å². The second kappa shape index (κ2) is 8.51. The van der Waals surface area contributed by atoms with E-state index in [-0.39, 0.29) is 6.04 Å². The van der Waals surface area contributed by atoms with Crippen LogP contribution in [-0.2, 0) is 17.9 Å². The van der Waals surface area contributed by atoms with Crippen molar-refractivity contribution in [3.05, 3.63) is 64.3 Å². The van der Waals surface area contributed by atoms with Crippen molar-refractivity contribution < 1.29 is 4.79 Å². The Morgan fingerprint density at radius 2 is 2.03 bits per heavy atom. The molecule has 1 aliphatic rings. The van der Waals surface area contributed by atoms with Crippen molar-refractivity contribution in [2.75, 3.05) is 25.4 Å². The molecular formula is C23H22ClN5OS. The SMILES string of the molecule is Nc1ncnc2cc(CN3CCN(Cc4cc5cc(Cl)ccc5s4)CC3C=O)ccc12. The average Bonchev–Trinajstić information content (AvgIpc) is 3.16. The molecule has 8 heteroatoms. The smallest absolute Gasteiger partial charge is 0.138 e. The molecule has 0 aliphatic carbocycles. The molecule has 1 atom stereocenters. The number of hydrogen-bond donors (Lipinski definition) is 1. The van der Waals surface area contributed by atoms with Crippen molar-refractivity contribution in [1.82, 2.24) is 19.8 Å². The van der Waals surface area contributed by atoms with Gasteiger partial charge in [-0.2, -0.15) is 0 Å². The first-order chi connectivity index (χ1) is 15.1. The summed E-state index contributed by atoms with van der Waals surface area (Å²) in [6.07, 6.45) is 2.55. The fourth-order valence-corrected chi connectivity index (χ4v) is 5.47. The van der Waals surface area contributed by atoms with E-state index in [0.717, 1.165) is 54.0 Å². The van der Waals surface area contributed by atoms with Gasteiger partial charge in [-0.1, -0.05) is 17.7 Å². The molecule has 2 aromatic carbocycles. The first kappa shape index (κ1) is 20.3. The molecule has 5 rings (SSSR count). The lowest BCUT2D eigenvalue weighted by molar-refractivity contribution is -0.115. The lowest BCUT2D eigenvalue weighted by Gasteiger charge is -2.38. The summed E-state index contributed by atoms with van der Waals surface area (Å²) in [5, 5.41) is 2.79. The number of benzene rings is 2. The molecule has 2 N–H and O–H groups in total. The Morgan fingerprint density at radius 1 is 1.13 bits per heavy atom. The summed E-state index contributed by atoms with van der Waals surface area (Å²) in [5.41, 5.74) is 7.87. The molecule has 0 saturated carbocycles. The lowest BCUT2D eigenvalue weighted by Crippen LogP contribution is -2.52. The monoisotopic (exact) mass is 451 g/mol. The second-order valence-corrected chi connectivity index (χ2v) is 9.52. The van der Waals surface area contributed by atoms with Gasteiger partial charge in [0.25, 0.3) is 0 Å². The van der Waals surface area contributed by atoms with Crippen LogP contribution in [0.1, 0.15) is 10.4 Å². The van der Waals surface area contributed by atoms with E-state index in [1.807, 2.05) is 30.3 Å². The van der Waals surface area contributed by atoms with Crippen molar-refractivity contribution in [2.24, 2.45) is 0 Å². The molecule has 2 aromatic heterocycles. The summed E-state index contributed by atoms with van der Waals surface area (Å²) in [7, 11) is 0. The zero-order chi connectivity index (χ0) is 21.4. The van der Waals surface area contributed by atoms with E-state index in [1.165, 1.54) is 21.3 Å². The topological polar surface area (TPSA) is 75.3 Å². The molecule has 1 saturated heterocycles. The molecule has 1 unspecified atom stereocenters. The Morgan fingerprint density at radius 3 is 2.90 bits per heavy atom. The highest BCUT2D eigenvalue weighted by molar-refractivity contribution is 7.19. The summed E-state index contributed by atoms with van der Waals surface area (Å²) < 4.78 is 1.24. The number of fused-ring (bicyclic) bond motifs is 2. The van der Waals surface area contributed by atoms with Crippen LogP contribution in [0.2, 0.25) is 5.02 Å². The van der Waals surface area contributed by atoms with E-state index in [2.05, 4.69) is 31.9 Å². The molecule has 0 radical (unpaired) electrons. The summed E-state index contributed by atoms with van der Waals surface area (Å²) in [6.45, 7) is 4.03. The average molecular weight is 452 g/mol. The number of carbonyl (C=O) groups is 1. The number of halogens is 1. The number of thiophene rings is 1. The quantitative estimate of drug-likeness (QED) is 0.463. The van der Waals surface area contributed by atoms with Crippen molar-refractivity contribution in [1.29, 1.82) is 0 Å².